The van der Waals surface area contributed by atoms with Gasteiger partial charge in [0.15, 0.2) is 5.78 Å². The monoisotopic (exact) mass is 554 g/mol. The number of ketones is 1. The van der Waals surface area contributed by atoms with Gasteiger partial charge >= 0.3 is 51.4 Å². The Morgan fingerprint density at radius 2 is 1.72 bits per heavy atom. The van der Waals surface area contributed by atoms with E-state index >= 15 is 0 Å². The average molecular weight is 555 g/mol. The van der Waals surface area contributed by atoms with Gasteiger partial charge in [-0.15, -0.1) is 25.2 Å². The van der Waals surface area contributed by atoms with Gasteiger partial charge in [-0.3, -0.25) is 15.7 Å². The van der Waals surface area contributed by atoms with Crippen LogP contribution in [0.2, 0.25) is 0 Å². The first-order valence-electron chi connectivity index (χ1n) is 13.5. The van der Waals surface area contributed by atoms with E-state index in [-0.39, 0.29) is 63.1 Å². The molecule has 1 heterocycles. The van der Waals surface area contributed by atoms with Crippen molar-refractivity contribution in [2.75, 3.05) is 18.0 Å². The van der Waals surface area contributed by atoms with Gasteiger partial charge in [0, 0.05) is 11.3 Å². The molecule has 0 fully saturated rings. The molecule has 0 aromatic heterocycles. The van der Waals surface area contributed by atoms with Crippen LogP contribution in [0, 0.1) is 19.9 Å². The van der Waals surface area contributed by atoms with Gasteiger partial charge in [0.1, 0.15) is 0 Å². The number of allylic oxidation sites excluding steroid dienone is 5. The summed E-state index contributed by atoms with van der Waals surface area (Å²) in [4.78, 5) is 26.0. The Kier molecular flexibility index (Phi) is 24.5. The molecule has 0 saturated heterocycles. The first kappa shape index (κ1) is 39.5. The van der Waals surface area contributed by atoms with Crippen LogP contribution < -0.4 is 61.6 Å². The number of anilines is 1. The van der Waals surface area contributed by atoms with Crippen LogP contribution in [0.1, 0.15) is 81.4 Å². The third-order valence-corrected chi connectivity index (χ3v) is 5.46. The zero-order valence-corrected chi connectivity index (χ0v) is 28.5. The van der Waals surface area contributed by atoms with Crippen molar-refractivity contribution in [3.05, 3.63) is 109 Å². The average Bonchev–Trinajstić information content (AvgIpc) is 3.24. The first-order valence-corrected chi connectivity index (χ1v) is 13.5. The van der Waals surface area contributed by atoms with E-state index in [1.807, 2.05) is 75.4 Å². The van der Waals surface area contributed by atoms with Crippen molar-refractivity contribution >= 4 is 23.0 Å². The SMILES string of the molecule is C=C(/C=C\[C-]=CC)c1cccc(CN2C(=O)Cc3ccc(C(C)=O)cc32)c1.CC.CCCC.[CH2-]CNC[CH2-].[K+]. The number of nitrogens with one attached hydrogen (secondary N) is 1. The number of carbonyl (C=O) groups excluding carboxylic acids is 2. The summed E-state index contributed by atoms with van der Waals surface area (Å²) in [5, 5.41) is 2.89. The fourth-order valence-corrected chi connectivity index (χ4v) is 3.27. The summed E-state index contributed by atoms with van der Waals surface area (Å²) in [5.74, 6) is 0.0534. The molecule has 0 atom stereocenters. The van der Waals surface area contributed by atoms with Crippen LogP contribution in [0.4, 0.5) is 5.69 Å². The second kappa shape index (κ2) is 24.2. The van der Waals surface area contributed by atoms with Crippen molar-refractivity contribution in [1.29, 1.82) is 0 Å². The molecular formula is C34H47KN2O2-2. The van der Waals surface area contributed by atoms with E-state index in [4.69, 9.17) is 0 Å². The first-order chi connectivity index (χ1) is 18.3. The molecule has 0 spiro atoms. The van der Waals surface area contributed by atoms with E-state index in [9.17, 15) is 9.59 Å². The molecule has 3 rings (SSSR count). The number of fused-ring (bicyclic) bond motifs is 1. The minimum absolute atomic E-state index is 0. The number of hydrogen-bond donors (Lipinski definition) is 1. The minimum Gasteiger partial charge on any atom is -0.376 e. The van der Waals surface area contributed by atoms with E-state index in [1.54, 1.807) is 11.0 Å². The van der Waals surface area contributed by atoms with Gasteiger partial charge in [0.2, 0.25) is 5.91 Å². The third kappa shape index (κ3) is 15.1. The molecular weight excluding hydrogens is 507 g/mol. The standard InChI is InChI=1S/C24H22NO2.C4H9N.C4H10.C2H6.K/c1-4-5-6-8-17(2)20-10-7-9-19(13-20)16-25-23-14-21(18(3)26)11-12-22(23)15-24(25)27;1-3-5-4-2;1-3-4-2;1-2;/h4,6-14H,2,15-16H2,1,3H3;5H,1-4H2;3-4H2,1-2H3;1-2H3;/q-1;-2;;;+1/b8-6-;;;;. The Bertz CT molecular complexity index is 1050. The molecule has 1 aliphatic rings. The number of rotatable bonds is 9. The Balaban J connectivity index is 0. The number of nitrogens with zero attached hydrogens (tertiary/aromatic N) is 1. The molecule has 0 saturated carbocycles. The van der Waals surface area contributed by atoms with E-state index in [2.05, 4.69) is 45.7 Å². The van der Waals surface area contributed by atoms with E-state index in [0.717, 1.165) is 41.0 Å². The van der Waals surface area contributed by atoms with Gasteiger partial charge in [0.25, 0.3) is 0 Å². The maximum atomic E-state index is 12.5. The maximum absolute atomic E-state index is 12.5. The smallest absolute Gasteiger partial charge is 0.376 e. The second-order valence-corrected chi connectivity index (χ2v) is 8.32. The number of amides is 1. The normalized spacial score (nSPS) is 11.4. The van der Waals surface area contributed by atoms with Crippen molar-refractivity contribution < 1.29 is 61.0 Å². The van der Waals surface area contributed by atoms with Gasteiger partial charge in [0.05, 0.1) is 13.0 Å². The zero-order valence-electron chi connectivity index (χ0n) is 25.4. The summed E-state index contributed by atoms with van der Waals surface area (Å²) in [6.45, 7) is 25.0. The molecule has 0 aliphatic carbocycles. The molecule has 5 heteroatoms. The van der Waals surface area contributed by atoms with Crippen molar-refractivity contribution in [1.82, 2.24) is 5.32 Å². The van der Waals surface area contributed by atoms with Crippen LogP contribution in [0.3, 0.4) is 0 Å². The number of unbranched alkanes of at least 4 members (excludes halogenated alkanes) is 1. The van der Waals surface area contributed by atoms with E-state index in [0.29, 0.717) is 18.5 Å². The van der Waals surface area contributed by atoms with Gasteiger partial charge in [-0.05, 0) is 29.7 Å². The van der Waals surface area contributed by atoms with Gasteiger partial charge in [-0.25, -0.2) is 12.2 Å². The summed E-state index contributed by atoms with van der Waals surface area (Å²) in [5.41, 5.74) is 5.34. The molecule has 1 N–H and O–H groups in total. The van der Waals surface area contributed by atoms with Gasteiger partial charge < -0.3 is 24.1 Å². The van der Waals surface area contributed by atoms with Crippen LogP contribution in [-0.4, -0.2) is 24.8 Å². The largest absolute Gasteiger partial charge is 1.00 e. The summed E-state index contributed by atoms with van der Waals surface area (Å²) in [6.07, 6.45) is 11.6. The Morgan fingerprint density at radius 1 is 1.08 bits per heavy atom. The van der Waals surface area contributed by atoms with Gasteiger partial charge in [-0.2, -0.15) is 6.08 Å². The van der Waals surface area contributed by atoms with E-state index in [1.165, 1.54) is 19.8 Å². The minimum atomic E-state index is 0. The number of benzene rings is 2. The fourth-order valence-electron chi connectivity index (χ4n) is 3.27. The summed E-state index contributed by atoms with van der Waals surface area (Å²) in [6, 6.07) is 13.5. The molecule has 0 radical (unpaired) electrons. The molecule has 4 nitrogen and oxygen atoms in total. The van der Waals surface area contributed by atoms with Crippen LogP contribution in [0.25, 0.3) is 5.57 Å². The van der Waals surface area contributed by atoms with Gasteiger partial charge in [-0.1, -0.05) is 83.9 Å². The predicted molar refractivity (Wildman–Crippen MR) is 165 cm³/mol. The van der Waals surface area contributed by atoms with Crippen LogP contribution >= 0.6 is 0 Å². The van der Waals surface area contributed by atoms with E-state index < -0.39 is 0 Å². The zero-order chi connectivity index (χ0) is 28.9. The summed E-state index contributed by atoms with van der Waals surface area (Å²) >= 11 is 0. The molecule has 1 amide bonds. The Morgan fingerprint density at radius 3 is 2.23 bits per heavy atom. The predicted octanol–water partition coefficient (Wildman–Crippen LogP) is 5.01. The van der Waals surface area contributed by atoms with Crippen LogP contribution in [-0.2, 0) is 17.8 Å². The molecule has 2 aromatic rings. The quantitative estimate of drug-likeness (QED) is 0.205. The molecule has 0 unspecified atom stereocenters. The van der Waals surface area contributed by atoms with Crippen LogP contribution in [0.15, 0.2) is 67.3 Å². The van der Waals surface area contributed by atoms with Crippen molar-refractivity contribution in [3.8, 4) is 0 Å². The molecule has 39 heavy (non-hydrogen) atoms. The maximum Gasteiger partial charge on any atom is 1.00 e. The summed E-state index contributed by atoms with van der Waals surface area (Å²) in [7, 11) is 0. The number of hydrogen-bond acceptors (Lipinski definition) is 3. The fraction of sp³-hybridized carbons (Fsp3) is 0.353. The van der Waals surface area contributed by atoms with Crippen LogP contribution in [0.5, 0.6) is 0 Å². The van der Waals surface area contributed by atoms with Crippen molar-refractivity contribution in [2.45, 2.75) is 67.3 Å². The van der Waals surface area contributed by atoms with Crippen molar-refractivity contribution in [2.24, 2.45) is 0 Å². The Labute approximate surface area is 281 Å². The topological polar surface area (TPSA) is 49.4 Å². The Hall–Kier alpha value is -1.60. The van der Waals surface area contributed by atoms with Crippen molar-refractivity contribution in [3.63, 3.8) is 0 Å². The third-order valence-electron chi connectivity index (χ3n) is 5.46. The molecule has 0 bridgehead atoms. The second-order valence-electron chi connectivity index (χ2n) is 8.32. The summed E-state index contributed by atoms with van der Waals surface area (Å²) < 4.78 is 0. The number of Topliss-reactive ketones (excluding diaryl/α,β-unsaturated/α-hetero) is 1. The molecule has 2 aromatic carbocycles. The molecule has 208 valence electrons. The molecule has 1 aliphatic heterocycles. The number of carbonyl (C=O) groups is 2.